The summed E-state index contributed by atoms with van der Waals surface area (Å²) in [4.78, 5) is 0. The van der Waals surface area contributed by atoms with Gasteiger partial charge < -0.3 is 4.74 Å². The number of rotatable bonds is 1. The van der Waals surface area contributed by atoms with Gasteiger partial charge in [0.1, 0.15) is 7.85 Å². The molecular formula is C6H15BOSi. The van der Waals surface area contributed by atoms with Crippen molar-refractivity contribution in [2.45, 2.75) is 30.8 Å². The Labute approximate surface area is 61.0 Å². The van der Waals surface area contributed by atoms with Crippen LogP contribution in [0.25, 0.3) is 0 Å². The SMILES string of the molecule is BCC1([SiH3])CCCCO1. The Hall–Kier alpha value is 0.242. The lowest BCUT2D eigenvalue weighted by Gasteiger charge is -2.33. The van der Waals surface area contributed by atoms with E-state index in [1.807, 2.05) is 0 Å². The molecule has 0 bridgehead atoms. The number of ether oxygens (including phenoxy) is 1. The van der Waals surface area contributed by atoms with Crippen LogP contribution in [-0.2, 0) is 4.74 Å². The van der Waals surface area contributed by atoms with E-state index in [0.29, 0.717) is 5.22 Å². The zero-order chi connectivity index (χ0) is 6.74. The fourth-order valence-electron chi connectivity index (χ4n) is 1.27. The monoisotopic (exact) mass is 142 g/mol. The highest BCUT2D eigenvalue weighted by Crippen LogP contribution is 2.23. The second-order valence-electron chi connectivity index (χ2n) is 3.11. The predicted molar refractivity (Wildman–Crippen MR) is 45.8 cm³/mol. The minimum absolute atomic E-state index is 0.359. The van der Waals surface area contributed by atoms with Gasteiger partial charge in [-0.1, -0.05) is 6.32 Å². The second kappa shape index (κ2) is 2.88. The number of hydrogen-bond acceptors (Lipinski definition) is 1. The normalized spacial score (nSPS) is 36.9. The van der Waals surface area contributed by atoms with E-state index in [2.05, 4.69) is 7.85 Å². The summed E-state index contributed by atoms with van der Waals surface area (Å²) in [5.41, 5.74) is 0. The van der Waals surface area contributed by atoms with Gasteiger partial charge >= 0.3 is 0 Å². The molecule has 0 aliphatic carbocycles. The molecule has 0 radical (unpaired) electrons. The highest BCUT2D eigenvalue weighted by molar-refractivity contribution is 6.21. The summed E-state index contributed by atoms with van der Waals surface area (Å²) < 4.78 is 5.68. The van der Waals surface area contributed by atoms with Crippen LogP contribution in [0.4, 0.5) is 0 Å². The molecular weight excluding hydrogens is 127 g/mol. The molecule has 1 rings (SSSR count). The van der Waals surface area contributed by atoms with Gasteiger partial charge in [0.05, 0.1) is 0 Å². The Morgan fingerprint density at radius 2 is 2.33 bits per heavy atom. The number of hydrogen-bond donors (Lipinski definition) is 0. The van der Waals surface area contributed by atoms with Crippen molar-refractivity contribution in [1.29, 1.82) is 0 Å². The lowest BCUT2D eigenvalue weighted by Crippen LogP contribution is -2.36. The Morgan fingerprint density at radius 3 is 2.67 bits per heavy atom. The van der Waals surface area contributed by atoms with Crippen molar-refractivity contribution >= 4 is 18.1 Å². The zero-order valence-corrected chi connectivity index (χ0v) is 8.44. The van der Waals surface area contributed by atoms with Crippen LogP contribution in [0.3, 0.4) is 0 Å². The molecule has 0 spiro atoms. The van der Waals surface area contributed by atoms with Gasteiger partial charge in [-0.15, -0.1) is 0 Å². The minimum Gasteiger partial charge on any atom is -0.380 e. The predicted octanol–water partition coefficient (Wildman–Crippen LogP) is -0.700. The van der Waals surface area contributed by atoms with E-state index in [1.165, 1.54) is 35.8 Å². The highest BCUT2D eigenvalue weighted by Gasteiger charge is 2.24. The summed E-state index contributed by atoms with van der Waals surface area (Å²) in [5.74, 6) is 0. The van der Waals surface area contributed by atoms with Crippen LogP contribution < -0.4 is 0 Å². The summed E-state index contributed by atoms with van der Waals surface area (Å²) in [6, 6.07) is 0. The van der Waals surface area contributed by atoms with Crippen LogP contribution in [0.5, 0.6) is 0 Å². The first-order valence-corrected chi connectivity index (χ1v) is 4.91. The molecule has 52 valence electrons. The van der Waals surface area contributed by atoms with Crippen molar-refractivity contribution in [3.63, 3.8) is 0 Å². The first-order chi connectivity index (χ1) is 4.27. The van der Waals surface area contributed by atoms with Crippen LogP contribution in [-0.4, -0.2) is 29.9 Å². The van der Waals surface area contributed by atoms with Gasteiger partial charge in [0.2, 0.25) is 0 Å². The fourth-order valence-corrected chi connectivity index (χ4v) is 1.83. The van der Waals surface area contributed by atoms with Gasteiger partial charge in [-0.25, -0.2) is 0 Å². The second-order valence-corrected chi connectivity index (χ2v) is 4.93. The Morgan fingerprint density at radius 1 is 1.56 bits per heavy atom. The van der Waals surface area contributed by atoms with Gasteiger partial charge in [0.25, 0.3) is 0 Å². The maximum absolute atomic E-state index is 5.68. The van der Waals surface area contributed by atoms with E-state index < -0.39 is 0 Å². The molecule has 0 saturated carbocycles. The van der Waals surface area contributed by atoms with E-state index in [0.717, 1.165) is 6.61 Å². The molecule has 1 heterocycles. The first kappa shape index (κ1) is 7.35. The largest absolute Gasteiger partial charge is 0.380 e. The van der Waals surface area contributed by atoms with Crippen molar-refractivity contribution in [1.82, 2.24) is 0 Å². The van der Waals surface area contributed by atoms with E-state index in [-0.39, 0.29) is 0 Å². The van der Waals surface area contributed by atoms with Crippen molar-refractivity contribution in [2.75, 3.05) is 6.61 Å². The van der Waals surface area contributed by atoms with Crippen molar-refractivity contribution in [3.05, 3.63) is 0 Å². The maximum atomic E-state index is 5.68. The Kier molecular flexibility index (Phi) is 2.36. The highest BCUT2D eigenvalue weighted by atomic mass is 28.1. The molecule has 0 aromatic rings. The van der Waals surface area contributed by atoms with E-state index >= 15 is 0 Å². The van der Waals surface area contributed by atoms with Crippen molar-refractivity contribution in [2.24, 2.45) is 0 Å². The molecule has 1 atom stereocenters. The summed E-state index contributed by atoms with van der Waals surface area (Å²) >= 11 is 0. The smallest absolute Gasteiger partial charge is 0.104 e. The minimum atomic E-state index is 0.359. The molecule has 3 heteroatoms. The molecule has 1 nitrogen and oxygen atoms in total. The average molecular weight is 142 g/mol. The van der Waals surface area contributed by atoms with Crippen LogP contribution in [0.2, 0.25) is 6.32 Å². The molecule has 0 amide bonds. The zero-order valence-electron chi connectivity index (χ0n) is 6.44. The average Bonchev–Trinajstić information content (AvgIpc) is 1.90. The van der Waals surface area contributed by atoms with Gasteiger partial charge in [0, 0.05) is 22.1 Å². The Bertz CT molecular complexity index is 91.1. The molecule has 1 saturated heterocycles. The molecule has 1 fully saturated rings. The van der Waals surface area contributed by atoms with Gasteiger partial charge in [0.15, 0.2) is 0 Å². The molecule has 0 aromatic carbocycles. The van der Waals surface area contributed by atoms with Crippen LogP contribution >= 0.6 is 0 Å². The van der Waals surface area contributed by atoms with Crippen molar-refractivity contribution < 1.29 is 4.74 Å². The van der Waals surface area contributed by atoms with Crippen LogP contribution in [0.15, 0.2) is 0 Å². The summed E-state index contributed by atoms with van der Waals surface area (Å²) in [7, 11) is 3.44. The lowest BCUT2D eigenvalue weighted by molar-refractivity contribution is -0.00387. The van der Waals surface area contributed by atoms with Crippen molar-refractivity contribution in [3.8, 4) is 0 Å². The first-order valence-electron chi connectivity index (χ1n) is 3.91. The van der Waals surface area contributed by atoms with Gasteiger partial charge in [-0.3, -0.25) is 0 Å². The third kappa shape index (κ3) is 1.83. The fraction of sp³-hybridized carbons (Fsp3) is 1.00. The van der Waals surface area contributed by atoms with Crippen LogP contribution in [0, 0.1) is 0 Å². The Balaban J connectivity index is 2.37. The maximum Gasteiger partial charge on any atom is 0.104 e. The summed E-state index contributed by atoms with van der Waals surface area (Å²) in [6.45, 7) is 1.01. The standard InChI is InChI=1S/C6H15BOSi/c7-5-6(9)3-1-2-4-8-6/h1-5,7H2,9H3. The molecule has 1 unspecified atom stereocenters. The van der Waals surface area contributed by atoms with Gasteiger partial charge in [-0.2, -0.15) is 0 Å². The third-order valence-electron chi connectivity index (χ3n) is 2.30. The molecule has 0 N–H and O–H groups in total. The molecule has 0 aromatic heterocycles. The van der Waals surface area contributed by atoms with E-state index in [1.54, 1.807) is 0 Å². The van der Waals surface area contributed by atoms with Crippen LogP contribution in [0.1, 0.15) is 19.3 Å². The summed E-state index contributed by atoms with van der Waals surface area (Å²) in [5, 5.41) is 0.359. The lowest BCUT2D eigenvalue weighted by atomic mass is 9.93. The quantitative estimate of drug-likeness (QED) is 0.440. The molecule has 1 aliphatic rings. The van der Waals surface area contributed by atoms with E-state index in [9.17, 15) is 0 Å². The molecule has 9 heavy (non-hydrogen) atoms. The molecule has 1 aliphatic heterocycles. The summed E-state index contributed by atoms with van der Waals surface area (Å²) in [6.07, 6.45) is 5.20. The third-order valence-corrected chi connectivity index (χ3v) is 3.79. The van der Waals surface area contributed by atoms with E-state index in [4.69, 9.17) is 4.74 Å². The topological polar surface area (TPSA) is 9.23 Å². The van der Waals surface area contributed by atoms with Gasteiger partial charge in [-0.05, 0) is 19.3 Å².